The second-order valence-electron chi connectivity index (χ2n) is 5.87. The smallest absolute Gasteiger partial charge is 0.231 e. The molecule has 4 rings (SSSR count). The van der Waals surface area contributed by atoms with E-state index >= 15 is 0 Å². The number of ether oxygens (including phenoxy) is 2. The highest BCUT2D eigenvalue weighted by molar-refractivity contribution is 6.15. The van der Waals surface area contributed by atoms with Gasteiger partial charge in [0.15, 0.2) is 11.5 Å². The number of fused-ring (bicyclic) bond motifs is 1. The average Bonchev–Trinajstić information content (AvgIpc) is 3.03. The van der Waals surface area contributed by atoms with Crippen molar-refractivity contribution in [2.24, 2.45) is 4.99 Å². The lowest BCUT2D eigenvalue weighted by Gasteiger charge is -2.16. The number of allylic oxidation sites excluding steroid dienone is 1. The third kappa shape index (κ3) is 2.84. The van der Waals surface area contributed by atoms with Crippen LogP contribution in [0, 0.1) is 6.92 Å². The standard InChI is InChI=1S/C19H18N2O2/c1-13-7-16(11-20-10-13)19-15(3-2-6-21-19)8-14-4-5-17-18(9-14)23-12-22-17/h4-5,7-11H,2-3,6,12H2,1H3. The van der Waals surface area contributed by atoms with Gasteiger partial charge in [0.1, 0.15) is 0 Å². The molecule has 0 bridgehead atoms. The maximum Gasteiger partial charge on any atom is 0.231 e. The summed E-state index contributed by atoms with van der Waals surface area (Å²) < 4.78 is 10.8. The molecular formula is C19H18N2O2. The van der Waals surface area contributed by atoms with Crippen molar-refractivity contribution in [3.8, 4) is 11.5 Å². The molecule has 0 aliphatic carbocycles. The lowest BCUT2D eigenvalue weighted by atomic mass is 9.94. The van der Waals surface area contributed by atoms with Crippen LogP contribution in [-0.2, 0) is 0 Å². The Morgan fingerprint density at radius 1 is 1.09 bits per heavy atom. The van der Waals surface area contributed by atoms with E-state index in [0.29, 0.717) is 6.79 Å². The highest BCUT2D eigenvalue weighted by Crippen LogP contribution is 2.33. The van der Waals surface area contributed by atoms with Crippen LogP contribution in [0.2, 0.25) is 0 Å². The van der Waals surface area contributed by atoms with Gasteiger partial charge in [-0.05, 0) is 60.7 Å². The van der Waals surface area contributed by atoms with E-state index in [4.69, 9.17) is 14.5 Å². The molecule has 0 fully saturated rings. The fraction of sp³-hybridized carbons (Fsp3) is 0.263. The van der Waals surface area contributed by atoms with E-state index in [1.54, 1.807) is 0 Å². The highest BCUT2D eigenvalue weighted by atomic mass is 16.7. The molecular weight excluding hydrogens is 288 g/mol. The van der Waals surface area contributed by atoms with Gasteiger partial charge < -0.3 is 9.47 Å². The van der Waals surface area contributed by atoms with Gasteiger partial charge in [0.25, 0.3) is 0 Å². The first-order chi connectivity index (χ1) is 11.3. The van der Waals surface area contributed by atoms with Gasteiger partial charge in [-0.15, -0.1) is 0 Å². The molecule has 0 saturated heterocycles. The third-order valence-corrected chi connectivity index (χ3v) is 4.06. The Kier molecular flexibility index (Phi) is 3.58. The van der Waals surface area contributed by atoms with Gasteiger partial charge in [-0.1, -0.05) is 6.07 Å². The summed E-state index contributed by atoms with van der Waals surface area (Å²) in [6.07, 6.45) is 8.07. The summed E-state index contributed by atoms with van der Waals surface area (Å²) in [5.41, 5.74) is 5.67. The van der Waals surface area contributed by atoms with E-state index in [1.165, 1.54) is 5.57 Å². The van der Waals surface area contributed by atoms with Gasteiger partial charge in [0.05, 0.1) is 5.71 Å². The summed E-state index contributed by atoms with van der Waals surface area (Å²) in [6, 6.07) is 8.19. The minimum atomic E-state index is 0.303. The quantitative estimate of drug-likeness (QED) is 0.848. The van der Waals surface area contributed by atoms with Crippen LogP contribution in [0.4, 0.5) is 0 Å². The SMILES string of the molecule is Cc1cncc(C2=NCCCC2=Cc2ccc3c(c2)OCO3)c1. The van der Waals surface area contributed by atoms with Gasteiger partial charge >= 0.3 is 0 Å². The van der Waals surface area contributed by atoms with Crippen LogP contribution < -0.4 is 9.47 Å². The third-order valence-electron chi connectivity index (χ3n) is 4.06. The minimum Gasteiger partial charge on any atom is -0.454 e. The zero-order valence-corrected chi connectivity index (χ0v) is 13.1. The summed E-state index contributed by atoms with van der Waals surface area (Å²) in [7, 11) is 0. The normalized spacial score (nSPS) is 18.1. The molecule has 0 N–H and O–H groups in total. The monoisotopic (exact) mass is 306 g/mol. The summed E-state index contributed by atoms with van der Waals surface area (Å²) in [6.45, 7) is 3.24. The van der Waals surface area contributed by atoms with Crippen LogP contribution in [-0.4, -0.2) is 24.0 Å². The largest absolute Gasteiger partial charge is 0.454 e. The zero-order valence-electron chi connectivity index (χ0n) is 13.1. The first-order valence-electron chi connectivity index (χ1n) is 7.87. The van der Waals surface area contributed by atoms with Crippen molar-refractivity contribution in [1.82, 2.24) is 4.98 Å². The van der Waals surface area contributed by atoms with E-state index in [0.717, 1.165) is 53.3 Å². The van der Waals surface area contributed by atoms with Crippen LogP contribution in [0.1, 0.15) is 29.5 Å². The predicted octanol–water partition coefficient (Wildman–Crippen LogP) is 3.79. The van der Waals surface area contributed by atoms with Crippen LogP contribution in [0.15, 0.2) is 47.2 Å². The first-order valence-corrected chi connectivity index (χ1v) is 7.87. The van der Waals surface area contributed by atoms with Gasteiger partial charge in [0.2, 0.25) is 6.79 Å². The van der Waals surface area contributed by atoms with Crippen molar-refractivity contribution in [1.29, 1.82) is 0 Å². The van der Waals surface area contributed by atoms with Crippen LogP contribution in [0.25, 0.3) is 6.08 Å². The van der Waals surface area contributed by atoms with Crippen LogP contribution in [0.5, 0.6) is 11.5 Å². The first kappa shape index (κ1) is 14.0. The van der Waals surface area contributed by atoms with Crippen molar-refractivity contribution in [3.63, 3.8) is 0 Å². The Hall–Kier alpha value is -2.62. The number of aliphatic imine (C=N–C) groups is 1. The Morgan fingerprint density at radius 3 is 2.91 bits per heavy atom. The molecule has 23 heavy (non-hydrogen) atoms. The van der Waals surface area contributed by atoms with Crippen molar-refractivity contribution in [2.75, 3.05) is 13.3 Å². The maximum atomic E-state index is 5.46. The number of aromatic nitrogens is 1. The fourth-order valence-electron chi connectivity index (χ4n) is 2.99. The molecule has 0 saturated carbocycles. The Balaban J connectivity index is 1.71. The van der Waals surface area contributed by atoms with Crippen molar-refractivity contribution >= 4 is 11.8 Å². The molecule has 2 aromatic rings. The van der Waals surface area contributed by atoms with Crippen LogP contribution in [0.3, 0.4) is 0 Å². The zero-order chi connectivity index (χ0) is 15.6. The van der Waals surface area contributed by atoms with Gasteiger partial charge in [-0.3, -0.25) is 9.98 Å². The summed E-state index contributed by atoms with van der Waals surface area (Å²) >= 11 is 0. The lowest BCUT2D eigenvalue weighted by Crippen LogP contribution is -2.12. The number of hydrogen-bond acceptors (Lipinski definition) is 4. The Morgan fingerprint density at radius 2 is 2.00 bits per heavy atom. The molecule has 0 spiro atoms. The van der Waals surface area contributed by atoms with E-state index in [2.05, 4.69) is 30.1 Å². The van der Waals surface area contributed by atoms with Crippen LogP contribution >= 0.6 is 0 Å². The van der Waals surface area contributed by atoms with Crippen molar-refractivity contribution < 1.29 is 9.47 Å². The fourth-order valence-corrected chi connectivity index (χ4v) is 2.99. The molecule has 2 aliphatic rings. The second kappa shape index (κ2) is 5.88. The molecule has 0 amide bonds. The lowest BCUT2D eigenvalue weighted by molar-refractivity contribution is 0.174. The molecule has 0 unspecified atom stereocenters. The summed E-state index contributed by atoms with van der Waals surface area (Å²) in [5, 5.41) is 0. The molecule has 2 aliphatic heterocycles. The second-order valence-corrected chi connectivity index (χ2v) is 5.87. The summed E-state index contributed by atoms with van der Waals surface area (Å²) in [4.78, 5) is 9.05. The molecule has 0 atom stereocenters. The molecule has 0 radical (unpaired) electrons. The van der Waals surface area contributed by atoms with E-state index in [9.17, 15) is 0 Å². The van der Waals surface area contributed by atoms with Crippen molar-refractivity contribution in [2.45, 2.75) is 19.8 Å². The van der Waals surface area contributed by atoms with E-state index in [1.807, 2.05) is 24.5 Å². The number of nitrogens with zero attached hydrogens (tertiary/aromatic N) is 2. The molecule has 4 nitrogen and oxygen atoms in total. The number of rotatable bonds is 2. The van der Waals surface area contributed by atoms with E-state index < -0.39 is 0 Å². The molecule has 1 aromatic heterocycles. The number of pyridine rings is 1. The maximum absolute atomic E-state index is 5.46. The van der Waals surface area contributed by atoms with Crippen molar-refractivity contribution in [3.05, 3.63) is 58.9 Å². The summed E-state index contributed by atoms with van der Waals surface area (Å²) in [5.74, 6) is 1.62. The number of benzene rings is 1. The Labute approximate surface area is 135 Å². The number of aryl methyl sites for hydroxylation is 1. The van der Waals surface area contributed by atoms with Gasteiger partial charge in [0, 0.05) is 24.5 Å². The molecule has 1 aromatic carbocycles. The minimum absolute atomic E-state index is 0.303. The molecule has 3 heterocycles. The molecule has 4 heteroatoms. The molecule has 116 valence electrons. The Bertz CT molecular complexity index is 809. The topological polar surface area (TPSA) is 43.7 Å². The van der Waals surface area contributed by atoms with E-state index in [-0.39, 0.29) is 0 Å². The van der Waals surface area contributed by atoms with Gasteiger partial charge in [-0.25, -0.2) is 0 Å². The van der Waals surface area contributed by atoms with Gasteiger partial charge in [-0.2, -0.15) is 0 Å². The number of hydrogen-bond donors (Lipinski definition) is 0. The predicted molar refractivity (Wildman–Crippen MR) is 90.2 cm³/mol. The highest BCUT2D eigenvalue weighted by Gasteiger charge is 2.16. The average molecular weight is 306 g/mol.